The van der Waals surface area contributed by atoms with Gasteiger partial charge in [-0.2, -0.15) is 0 Å². The summed E-state index contributed by atoms with van der Waals surface area (Å²) < 4.78 is 5.71. The number of aromatic hydroxyl groups is 1. The summed E-state index contributed by atoms with van der Waals surface area (Å²) in [5.74, 6) is 0.176. The molecule has 1 aliphatic rings. The number of hydrogen-bond donors (Lipinski definition) is 2. The quantitative estimate of drug-likeness (QED) is 0.871. The molecule has 0 aliphatic heterocycles. The van der Waals surface area contributed by atoms with Crippen molar-refractivity contribution in [1.29, 1.82) is 0 Å². The second kappa shape index (κ2) is 5.70. The highest BCUT2D eigenvalue weighted by atomic mass is 35.5. The number of hydrogen-bond acceptors (Lipinski definition) is 3. The Labute approximate surface area is 119 Å². The molecule has 1 fully saturated rings. The molecular formula is C15H22ClNO2. The first-order valence-electron chi connectivity index (χ1n) is 6.78. The molecule has 1 aromatic carbocycles. The van der Waals surface area contributed by atoms with E-state index in [2.05, 4.69) is 19.2 Å². The maximum Gasteiger partial charge on any atom is 0.138 e. The van der Waals surface area contributed by atoms with Crippen LogP contribution in [0.5, 0.6) is 5.75 Å². The highest BCUT2D eigenvalue weighted by molar-refractivity contribution is 6.32. The molecule has 1 aromatic rings. The number of para-hydroxylation sites is 1. The summed E-state index contributed by atoms with van der Waals surface area (Å²) in [6.07, 6.45) is 1.34. The Hall–Kier alpha value is -0.770. The van der Waals surface area contributed by atoms with Gasteiger partial charge in [0.1, 0.15) is 5.75 Å². The van der Waals surface area contributed by atoms with Crippen LogP contribution in [0.4, 0.5) is 0 Å². The van der Waals surface area contributed by atoms with Crippen LogP contribution in [-0.2, 0) is 11.3 Å². The van der Waals surface area contributed by atoms with Crippen LogP contribution >= 0.6 is 11.6 Å². The number of ether oxygens (including phenoxy) is 1. The van der Waals surface area contributed by atoms with Crippen LogP contribution < -0.4 is 5.32 Å². The average Bonchev–Trinajstić information content (AvgIpc) is 2.37. The van der Waals surface area contributed by atoms with E-state index in [1.807, 2.05) is 19.1 Å². The molecule has 0 spiro atoms. The van der Waals surface area contributed by atoms with E-state index in [1.165, 1.54) is 0 Å². The maximum atomic E-state index is 9.87. The van der Waals surface area contributed by atoms with Crippen molar-refractivity contribution in [2.45, 2.75) is 45.9 Å². The second-order valence-electron chi connectivity index (χ2n) is 5.68. The van der Waals surface area contributed by atoms with Gasteiger partial charge in [-0.15, -0.1) is 0 Å². The van der Waals surface area contributed by atoms with Crippen LogP contribution in [0.1, 0.15) is 32.8 Å². The zero-order valence-corrected chi connectivity index (χ0v) is 12.5. The molecule has 0 radical (unpaired) electrons. The number of nitrogens with one attached hydrogen (secondary N) is 1. The first-order valence-corrected chi connectivity index (χ1v) is 7.16. The number of benzene rings is 1. The molecule has 3 nitrogen and oxygen atoms in total. The lowest BCUT2D eigenvalue weighted by Crippen LogP contribution is -2.60. The Balaban J connectivity index is 1.92. The van der Waals surface area contributed by atoms with Crippen LogP contribution in [0, 0.1) is 5.41 Å². The van der Waals surface area contributed by atoms with Crippen molar-refractivity contribution in [1.82, 2.24) is 5.32 Å². The highest BCUT2D eigenvalue weighted by Gasteiger charge is 2.48. The van der Waals surface area contributed by atoms with Crippen molar-refractivity contribution in [2.75, 3.05) is 6.61 Å². The minimum absolute atomic E-state index is 0.129. The summed E-state index contributed by atoms with van der Waals surface area (Å²) in [5, 5.41) is 13.8. The standard InChI is InChI=1S/C15H22ClNO2/c1-4-19-13-8-12(15(13,2)3)17-9-10-6-5-7-11(16)14(10)18/h5-7,12-13,17-18H,4,8-9H2,1-3H3. The van der Waals surface area contributed by atoms with Gasteiger partial charge < -0.3 is 15.2 Å². The summed E-state index contributed by atoms with van der Waals surface area (Å²) in [6, 6.07) is 5.84. The zero-order valence-electron chi connectivity index (χ0n) is 11.7. The molecule has 0 amide bonds. The molecule has 2 atom stereocenters. The molecule has 1 saturated carbocycles. The third-order valence-electron chi connectivity index (χ3n) is 4.15. The second-order valence-corrected chi connectivity index (χ2v) is 6.09. The van der Waals surface area contributed by atoms with Crippen LogP contribution in [0.15, 0.2) is 18.2 Å². The fourth-order valence-electron chi connectivity index (χ4n) is 2.65. The minimum Gasteiger partial charge on any atom is -0.506 e. The highest BCUT2D eigenvalue weighted by Crippen LogP contribution is 2.43. The lowest BCUT2D eigenvalue weighted by Gasteiger charge is -2.52. The van der Waals surface area contributed by atoms with Gasteiger partial charge in [-0.3, -0.25) is 0 Å². The van der Waals surface area contributed by atoms with Gasteiger partial charge >= 0.3 is 0 Å². The van der Waals surface area contributed by atoms with Crippen LogP contribution in [0.2, 0.25) is 5.02 Å². The Bertz CT molecular complexity index is 448. The van der Waals surface area contributed by atoms with Gasteiger partial charge in [0, 0.05) is 30.2 Å². The van der Waals surface area contributed by atoms with Gasteiger partial charge in [0.2, 0.25) is 0 Å². The van der Waals surface area contributed by atoms with E-state index in [4.69, 9.17) is 16.3 Å². The number of rotatable bonds is 5. The van der Waals surface area contributed by atoms with Gasteiger partial charge in [0.15, 0.2) is 0 Å². The van der Waals surface area contributed by atoms with E-state index < -0.39 is 0 Å². The van der Waals surface area contributed by atoms with E-state index in [0.29, 0.717) is 23.7 Å². The van der Waals surface area contributed by atoms with Gasteiger partial charge in [0.05, 0.1) is 11.1 Å². The fraction of sp³-hybridized carbons (Fsp3) is 0.600. The van der Waals surface area contributed by atoms with Gasteiger partial charge in [-0.05, 0) is 19.4 Å². The van der Waals surface area contributed by atoms with Crippen molar-refractivity contribution in [2.24, 2.45) is 5.41 Å². The molecule has 1 aliphatic carbocycles. The lowest BCUT2D eigenvalue weighted by molar-refractivity contribution is -0.114. The van der Waals surface area contributed by atoms with Crippen LogP contribution in [-0.4, -0.2) is 23.9 Å². The molecule has 106 valence electrons. The number of phenolic OH excluding ortho intramolecular Hbond substituents is 1. The monoisotopic (exact) mass is 283 g/mol. The largest absolute Gasteiger partial charge is 0.506 e. The summed E-state index contributed by atoms with van der Waals surface area (Å²) in [5.41, 5.74) is 0.965. The average molecular weight is 284 g/mol. The van der Waals surface area contributed by atoms with E-state index in [9.17, 15) is 5.11 Å². The Kier molecular flexibility index (Phi) is 4.39. The molecule has 19 heavy (non-hydrogen) atoms. The summed E-state index contributed by atoms with van der Waals surface area (Å²) >= 11 is 5.90. The summed E-state index contributed by atoms with van der Waals surface area (Å²) in [7, 11) is 0. The molecule has 2 rings (SSSR count). The van der Waals surface area contributed by atoms with Crippen molar-refractivity contribution < 1.29 is 9.84 Å². The van der Waals surface area contributed by atoms with Crippen LogP contribution in [0.3, 0.4) is 0 Å². The fourth-order valence-corrected chi connectivity index (χ4v) is 2.85. The van der Waals surface area contributed by atoms with E-state index >= 15 is 0 Å². The van der Waals surface area contributed by atoms with Crippen LogP contribution in [0.25, 0.3) is 0 Å². The van der Waals surface area contributed by atoms with Gasteiger partial charge in [-0.1, -0.05) is 37.6 Å². The molecule has 0 aromatic heterocycles. The first kappa shape index (κ1) is 14.6. The zero-order chi connectivity index (χ0) is 14.0. The maximum absolute atomic E-state index is 9.87. The minimum atomic E-state index is 0.129. The third-order valence-corrected chi connectivity index (χ3v) is 4.46. The predicted molar refractivity (Wildman–Crippen MR) is 77.6 cm³/mol. The normalized spacial score (nSPS) is 25.1. The Morgan fingerprint density at radius 2 is 2.21 bits per heavy atom. The number of halogens is 1. The first-order chi connectivity index (χ1) is 8.96. The predicted octanol–water partition coefficient (Wildman–Crippen LogP) is 3.34. The molecule has 0 saturated heterocycles. The van der Waals surface area contributed by atoms with Crippen molar-refractivity contribution in [3.63, 3.8) is 0 Å². The molecule has 0 bridgehead atoms. The SMILES string of the molecule is CCOC1CC(NCc2cccc(Cl)c2O)C1(C)C. The molecule has 0 heterocycles. The van der Waals surface area contributed by atoms with E-state index in [0.717, 1.165) is 18.6 Å². The third kappa shape index (κ3) is 2.88. The molecule has 2 N–H and O–H groups in total. The molecule has 4 heteroatoms. The summed E-state index contributed by atoms with van der Waals surface area (Å²) in [4.78, 5) is 0. The van der Waals surface area contributed by atoms with Gasteiger partial charge in [-0.25, -0.2) is 0 Å². The van der Waals surface area contributed by atoms with Gasteiger partial charge in [0.25, 0.3) is 0 Å². The summed E-state index contributed by atoms with van der Waals surface area (Å²) in [6.45, 7) is 7.84. The number of phenols is 1. The van der Waals surface area contributed by atoms with Crippen molar-refractivity contribution >= 4 is 11.6 Å². The Morgan fingerprint density at radius 3 is 2.84 bits per heavy atom. The van der Waals surface area contributed by atoms with E-state index in [1.54, 1.807) is 6.07 Å². The van der Waals surface area contributed by atoms with Crippen molar-refractivity contribution in [3.8, 4) is 5.75 Å². The Morgan fingerprint density at radius 1 is 1.47 bits per heavy atom. The van der Waals surface area contributed by atoms with E-state index in [-0.39, 0.29) is 11.2 Å². The molecular weight excluding hydrogens is 262 g/mol. The lowest BCUT2D eigenvalue weighted by atomic mass is 9.64. The topological polar surface area (TPSA) is 41.5 Å². The smallest absolute Gasteiger partial charge is 0.138 e. The van der Waals surface area contributed by atoms with Crippen molar-refractivity contribution in [3.05, 3.63) is 28.8 Å². The molecule has 2 unspecified atom stereocenters.